The van der Waals surface area contributed by atoms with Gasteiger partial charge in [-0.05, 0) is 6.92 Å². The molecule has 0 aliphatic heterocycles. The minimum absolute atomic E-state index is 0.183. The lowest BCUT2D eigenvalue weighted by molar-refractivity contribution is 0.204. The number of anilines is 2. The Morgan fingerprint density at radius 3 is 2.65 bits per heavy atom. The number of aromatic nitrogens is 2. The Hall–Kier alpha value is -1.32. The molecule has 0 aromatic carbocycles. The number of ether oxygens (including phenoxy) is 1. The van der Waals surface area contributed by atoms with Crippen molar-refractivity contribution < 1.29 is 13.2 Å². The summed E-state index contributed by atoms with van der Waals surface area (Å²) in [5.74, 6) is 0.243. The van der Waals surface area contributed by atoms with Gasteiger partial charge in [-0.15, -0.1) is 0 Å². The molecule has 0 aliphatic rings. The van der Waals surface area contributed by atoms with Crippen LogP contribution in [0.1, 0.15) is 5.69 Å². The van der Waals surface area contributed by atoms with E-state index >= 15 is 0 Å². The van der Waals surface area contributed by atoms with Gasteiger partial charge in [-0.3, -0.25) is 4.72 Å². The second-order valence-electron chi connectivity index (χ2n) is 3.46. The molecule has 0 atom stereocenters. The smallest absolute Gasteiger partial charge is 0.300 e. The highest BCUT2D eigenvalue weighted by Crippen LogP contribution is 2.21. The van der Waals surface area contributed by atoms with Gasteiger partial charge in [-0.25, -0.2) is 4.68 Å². The molecule has 1 heterocycles. The van der Waals surface area contributed by atoms with Crippen molar-refractivity contribution in [3.8, 4) is 0 Å². The van der Waals surface area contributed by atoms with E-state index in [2.05, 4.69) is 14.5 Å². The number of hydrogen-bond acceptors (Lipinski definition) is 5. The number of nitrogens with two attached hydrogens (primary N) is 1. The van der Waals surface area contributed by atoms with Crippen LogP contribution in [-0.4, -0.2) is 38.5 Å². The average Bonchev–Trinajstić information content (AvgIpc) is 2.45. The molecule has 0 unspecified atom stereocenters. The Morgan fingerprint density at radius 1 is 1.53 bits per heavy atom. The van der Waals surface area contributed by atoms with Crippen LogP contribution >= 0.6 is 0 Å². The molecule has 0 aliphatic carbocycles. The molecule has 0 saturated heterocycles. The highest BCUT2D eigenvalue weighted by molar-refractivity contribution is 7.90. The summed E-state index contributed by atoms with van der Waals surface area (Å²) in [4.78, 5) is 0. The molecule has 1 rings (SSSR count). The number of nitrogens with zero attached hydrogens (tertiary/aromatic N) is 2. The highest BCUT2D eigenvalue weighted by Gasteiger charge is 2.16. The van der Waals surface area contributed by atoms with Crippen molar-refractivity contribution in [2.45, 2.75) is 6.92 Å². The molecular formula is C8H17N5O3S. The predicted molar refractivity (Wildman–Crippen MR) is 64.8 cm³/mol. The average molecular weight is 263 g/mol. The largest absolute Gasteiger partial charge is 0.394 e. The van der Waals surface area contributed by atoms with Crippen molar-refractivity contribution >= 4 is 21.7 Å². The van der Waals surface area contributed by atoms with E-state index in [4.69, 9.17) is 10.5 Å². The van der Waals surface area contributed by atoms with E-state index in [0.717, 1.165) is 0 Å². The van der Waals surface area contributed by atoms with Crippen molar-refractivity contribution in [3.63, 3.8) is 0 Å². The van der Waals surface area contributed by atoms with Gasteiger partial charge >= 0.3 is 0 Å². The molecule has 9 heteroatoms. The minimum atomic E-state index is -3.66. The Bertz CT molecular complexity index is 482. The summed E-state index contributed by atoms with van der Waals surface area (Å²) in [5, 5.41) is 4.00. The van der Waals surface area contributed by atoms with Crippen molar-refractivity contribution in [1.82, 2.24) is 14.5 Å². The van der Waals surface area contributed by atoms with Crippen LogP contribution in [0.4, 0.5) is 11.5 Å². The van der Waals surface area contributed by atoms with E-state index in [1.54, 1.807) is 14.0 Å². The van der Waals surface area contributed by atoms with Crippen LogP contribution in [0.5, 0.6) is 0 Å². The molecule has 0 spiro atoms. The van der Waals surface area contributed by atoms with Gasteiger partial charge in [0.25, 0.3) is 10.2 Å². The first-order chi connectivity index (χ1) is 7.87. The van der Waals surface area contributed by atoms with E-state index in [0.29, 0.717) is 18.0 Å². The van der Waals surface area contributed by atoms with Gasteiger partial charge in [0, 0.05) is 20.7 Å². The van der Waals surface area contributed by atoms with Crippen molar-refractivity contribution in [2.24, 2.45) is 7.05 Å². The maximum atomic E-state index is 11.6. The first kappa shape index (κ1) is 13.7. The first-order valence-corrected chi connectivity index (χ1v) is 6.41. The predicted octanol–water partition coefficient (Wildman–Crippen LogP) is -0.797. The lowest BCUT2D eigenvalue weighted by atomic mass is 10.4. The van der Waals surface area contributed by atoms with Crippen LogP contribution in [0, 0.1) is 6.92 Å². The molecule has 0 saturated carbocycles. The lowest BCUT2D eigenvalue weighted by Gasteiger charge is -2.09. The molecular weight excluding hydrogens is 246 g/mol. The van der Waals surface area contributed by atoms with E-state index in [-0.39, 0.29) is 12.4 Å². The van der Waals surface area contributed by atoms with Gasteiger partial charge in [-0.1, -0.05) is 0 Å². The van der Waals surface area contributed by atoms with Crippen molar-refractivity contribution in [2.75, 3.05) is 30.7 Å². The highest BCUT2D eigenvalue weighted by atomic mass is 32.2. The number of methoxy groups -OCH3 is 1. The van der Waals surface area contributed by atoms with Crippen LogP contribution < -0.4 is 15.2 Å². The Morgan fingerprint density at radius 2 is 2.18 bits per heavy atom. The number of nitrogens with one attached hydrogen (secondary N) is 2. The zero-order valence-electron chi connectivity index (χ0n) is 10.0. The van der Waals surface area contributed by atoms with Gasteiger partial charge in [0.1, 0.15) is 0 Å². The number of hydrogen-bond donors (Lipinski definition) is 3. The van der Waals surface area contributed by atoms with Crippen LogP contribution in [-0.2, 0) is 22.0 Å². The Labute approximate surface area is 100 Å². The van der Waals surface area contributed by atoms with Gasteiger partial charge < -0.3 is 10.5 Å². The first-order valence-electron chi connectivity index (χ1n) is 4.93. The van der Waals surface area contributed by atoms with Crippen molar-refractivity contribution in [3.05, 3.63) is 5.69 Å². The van der Waals surface area contributed by atoms with E-state index < -0.39 is 10.2 Å². The van der Waals surface area contributed by atoms with Crippen LogP contribution in [0.3, 0.4) is 0 Å². The van der Waals surface area contributed by atoms with E-state index in [9.17, 15) is 8.42 Å². The summed E-state index contributed by atoms with van der Waals surface area (Å²) in [6.07, 6.45) is 0. The van der Waals surface area contributed by atoms with Crippen LogP contribution in [0.15, 0.2) is 0 Å². The molecule has 4 N–H and O–H groups in total. The van der Waals surface area contributed by atoms with E-state index in [1.807, 2.05) is 0 Å². The summed E-state index contributed by atoms with van der Waals surface area (Å²) >= 11 is 0. The maximum absolute atomic E-state index is 11.6. The molecule has 17 heavy (non-hydrogen) atoms. The third kappa shape index (κ3) is 3.58. The standard InChI is InChI=1S/C8H17N5O3S/c1-6-7(9)8(13(2)11-6)12-17(14,15)10-4-5-16-3/h10,12H,4-5,9H2,1-3H3. The molecule has 1 aromatic rings. The topological polar surface area (TPSA) is 111 Å². The second kappa shape index (κ2) is 5.34. The van der Waals surface area contributed by atoms with E-state index in [1.165, 1.54) is 11.8 Å². The molecule has 1 aromatic heterocycles. The van der Waals surface area contributed by atoms with Crippen LogP contribution in [0.25, 0.3) is 0 Å². The normalized spacial score (nSPS) is 11.7. The monoisotopic (exact) mass is 263 g/mol. The van der Waals surface area contributed by atoms with Crippen molar-refractivity contribution in [1.29, 1.82) is 0 Å². The summed E-state index contributed by atoms with van der Waals surface area (Å²) in [6.45, 7) is 2.18. The van der Waals surface area contributed by atoms with Gasteiger partial charge in [0.15, 0.2) is 5.82 Å². The zero-order valence-corrected chi connectivity index (χ0v) is 10.8. The summed E-state index contributed by atoms with van der Waals surface area (Å²) in [5.41, 5.74) is 6.58. The molecule has 8 nitrogen and oxygen atoms in total. The number of aryl methyl sites for hydroxylation is 2. The fourth-order valence-electron chi connectivity index (χ4n) is 1.24. The summed E-state index contributed by atoms with van der Waals surface area (Å²) < 4.78 is 34.0. The molecule has 0 fully saturated rings. The number of nitrogen functional groups attached to an aromatic ring is 1. The molecule has 0 radical (unpaired) electrons. The quantitative estimate of drug-likeness (QED) is 0.582. The minimum Gasteiger partial charge on any atom is -0.394 e. The second-order valence-corrected chi connectivity index (χ2v) is 4.96. The van der Waals surface area contributed by atoms with Gasteiger partial charge in [0.05, 0.1) is 18.0 Å². The summed E-state index contributed by atoms with van der Waals surface area (Å²) in [7, 11) is -0.562. The molecule has 0 amide bonds. The van der Waals surface area contributed by atoms with Gasteiger partial charge in [0.2, 0.25) is 0 Å². The lowest BCUT2D eigenvalue weighted by Crippen LogP contribution is -2.33. The molecule has 98 valence electrons. The summed E-state index contributed by atoms with van der Waals surface area (Å²) in [6, 6.07) is 0. The Kier molecular flexibility index (Phi) is 4.32. The fourth-order valence-corrected chi connectivity index (χ4v) is 2.16. The fraction of sp³-hybridized carbons (Fsp3) is 0.625. The molecule has 0 bridgehead atoms. The van der Waals surface area contributed by atoms with Crippen LogP contribution in [0.2, 0.25) is 0 Å². The maximum Gasteiger partial charge on any atom is 0.300 e. The SMILES string of the molecule is COCCNS(=O)(=O)Nc1c(N)c(C)nn1C. The zero-order chi connectivity index (χ0) is 13.1. The van der Waals surface area contributed by atoms with Gasteiger partial charge in [-0.2, -0.15) is 18.2 Å². The number of rotatable bonds is 6. The third-order valence-corrected chi connectivity index (χ3v) is 3.14. The Balaban J connectivity index is 2.76. The third-order valence-electron chi connectivity index (χ3n) is 2.10.